The third-order valence-corrected chi connectivity index (χ3v) is 2.75. The van der Waals surface area contributed by atoms with E-state index in [9.17, 15) is 15.2 Å². The van der Waals surface area contributed by atoms with Crippen LogP contribution in [0.2, 0.25) is 0 Å². The Kier molecular flexibility index (Phi) is 3.82. The molecule has 0 amide bonds. The third-order valence-electron chi connectivity index (χ3n) is 2.75. The predicted molar refractivity (Wildman–Crippen MR) is 74.8 cm³/mol. The van der Waals surface area contributed by atoms with Crippen LogP contribution in [0.1, 0.15) is 5.56 Å². The van der Waals surface area contributed by atoms with E-state index in [2.05, 4.69) is 10.2 Å². The SMILES string of the molecule is [C-]#[N+]c1ccc(NCc2cc([N+](=O)[O-])ccc2O)cc1. The van der Waals surface area contributed by atoms with Crippen molar-refractivity contribution in [2.24, 2.45) is 0 Å². The summed E-state index contributed by atoms with van der Waals surface area (Å²) >= 11 is 0. The van der Waals surface area contributed by atoms with Gasteiger partial charge in [0, 0.05) is 29.9 Å². The minimum Gasteiger partial charge on any atom is -0.508 e. The maximum atomic E-state index is 10.7. The quantitative estimate of drug-likeness (QED) is 0.506. The van der Waals surface area contributed by atoms with Gasteiger partial charge in [-0.3, -0.25) is 10.1 Å². The van der Waals surface area contributed by atoms with Crippen LogP contribution in [0.3, 0.4) is 0 Å². The highest BCUT2D eigenvalue weighted by molar-refractivity contribution is 5.55. The van der Waals surface area contributed by atoms with E-state index in [0.29, 0.717) is 11.3 Å². The Morgan fingerprint density at radius 2 is 1.95 bits per heavy atom. The fourth-order valence-electron chi connectivity index (χ4n) is 1.68. The molecule has 0 aliphatic rings. The van der Waals surface area contributed by atoms with Crippen molar-refractivity contribution in [3.05, 3.63) is 69.6 Å². The number of phenolic OH excluding ortho intramolecular Hbond substituents is 1. The summed E-state index contributed by atoms with van der Waals surface area (Å²) in [6.07, 6.45) is 0. The molecule has 2 aromatic rings. The largest absolute Gasteiger partial charge is 0.508 e. The standard InChI is InChI=1S/C14H11N3O3/c1-15-11-2-4-12(5-3-11)16-9-10-8-13(17(19)20)6-7-14(10)18/h2-8,16,18H,9H2. The number of hydrogen-bond acceptors (Lipinski definition) is 4. The number of hydrogen-bond donors (Lipinski definition) is 2. The van der Waals surface area contributed by atoms with E-state index in [1.165, 1.54) is 18.2 Å². The molecule has 6 nitrogen and oxygen atoms in total. The number of benzene rings is 2. The Bertz CT molecular complexity index is 675. The number of nitro groups is 1. The summed E-state index contributed by atoms with van der Waals surface area (Å²) in [5, 5.41) is 23.4. The topological polar surface area (TPSA) is 79.8 Å². The van der Waals surface area contributed by atoms with Crippen LogP contribution < -0.4 is 5.32 Å². The first kappa shape index (κ1) is 13.4. The van der Waals surface area contributed by atoms with Gasteiger partial charge in [-0.15, -0.1) is 0 Å². The van der Waals surface area contributed by atoms with Gasteiger partial charge in [-0.1, -0.05) is 12.1 Å². The van der Waals surface area contributed by atoms with Crippen molar-refractivity contribution in [2.75, 3.05) is 5.32 Å². The second kappa shape index (κ2) is 5.71. The number of aromatic hydroxyl groups is 1. The normalized spacial score (nSPS) is 9.75. The number of non-ortho nitro benzene ring substituents is 1. The fourth-order valence-corrected chi connectivity index (χ4v) is 1.68. The molecule has 2 rings (SSSR count). The zero-order valence-corrected chi connectivity index (χ0v) is 10.4. The predicted octanol–water partition coefficient (Wildman–Crippen LogP) is 3.46. The molecule has 0 saturated carbocycles. The first-order valence-corrected chi connectivity index (χ1v) is 5.78. The number of nitrogens with one attached hydrogen (secondary N) is 1. The van der Waals surface area contributed by atoms with Gasteiger partial charge >= 0.3 is 0 Å². The lowest BCUT2D eigenvalue weighted by Crippen LogP contribution is -2.00. The van der Waals surface area contributed by atoms with Gasteiger partial charge in [0.2, 0.25) is 0 Å². The molecule has 0 aromatic heterocycles. The first-order chi connectivity index (χ1) is 9.60. The monoisotopic (exact) mass is 269 g/mol. The van der Waals surface area contributed by atoms with Gasteiger partial charge in [0.05, 0.1) is 11.5 Å². The minimum atomic E-state index is -0.506. The molecule has 0 atom stereocenters. The van der Waals surface area contributed by atoms with E-state index in [4.69, 9.17) is 6.57 Å². The molecule has 0 bridgehead atoms. The maximum absolute atomic E-state index is 10.7. The summed E-state index contributed by atoms with van der Waals surface area (Å²) in [7, 11) is 0. The van der Waals surface area contributed by atoms with Crippen molar-refractivity contribution in [2.45, 2.75) is 6.54 Å². The smallest absolute Gasteiger partial charge is 0.270 e. The molecule has 6 heteroatoms. The van der Waals surface area contributed by atoms with Gasteiger partial charge in [0.25, 0.3) is 5.69 Å². The van der Waals surface area contributed by atoms with Crippen LogP contribution in [-0.2, 0) is 6.54 Å². The summed E-state index contributed by atoms with van der Waals surface area (Å²) in [5.74, 6) is 0.000813. The minimum absolute atomic E-state index is 0.000813. The lowest BCUT2D eigenvalue weighted by Gasteiger charge is -2.08. The Hall–Kier alpha value is -3.07. The van der Waals surface area contributed by atoms with Crippen LogP contribution in [0.15, 0.2) is 42.5 Å². The van der Waals surface area contributed by atoms with E-state index in [-0.39, 0.29) is 18.0 Å². The van der Waals surface area contributed by atoms with Gasteiger partial charge in [-0.25, -0.2) is 4.85 Å². The Morgan fingerprint density at radius 3 is 2.55 bits per heavy atom. The van der Waals surface area contributed by atoms with Crippen LogP contribution in [0.4, 0.5) is 17.1 Å². The van der Waals surface area contributed by atoms with Crippen molar-refractivity contribution in [3.63, 3.8) is 0 Å². The van der Waals surface area contributed by atoms with Crippen LogP contribution in [0.5, 0.6) is 5.75 Å². The second-order valence-electron chi connectivity index (χ2n) is 4.08. The number of nitrogens with zero attached hydrogens (tertiary/aromatic N) is 2. The average Bonchev–Trinajstić information content (AvgIpc) is 2.46. The van der Waals surface area contributed by atoms with E-state index >= 15 is 0 Å². The van der Waals surface area contributed by atoms with Crippen molar-refractivity contribution in [3.8, 4) is 5.75 Å². The van der Waals surface area contributed by atoms with Crippen LogP contribution in [0, 0.1) is 16.7 Å². The van der Waals surface area contributed by atoms with Crippen LogP contribution >= 0.6 is 0 Å². The van der Waals surface area contributed by atoms with E-state index in [0.717, 1.165) is 5.69 Å². The van der Waals surface area contributed by atoms with Crippen molar-refractivity contribution in [1.29, 1.82) is 0 Å². The van der Waals surface area contributed by atoms with Gasteiger partial charge in [0.15, 0.2) is 5.69 Å². The molecule has 20 heavy (non-hydrogen) atoms. The lowest BCUT2D eigenvalue weighted by atomic mass is 10.1. The molecule has 0 radical (unpaired) electrons. The van der Waals surface area contributed by atoms with Crippen molar-refractivity contribution in [1.82, 2.24) is 0 Å². The lowest BCUT2D eigenvalue weighted by molar-refractivity contribution is -0.384. The van der Waals surface area contributed by atoms with Crippen LogP contribution in [0.25, 0.3) is 4.85 Å². The van der Waals surface area contributed by atoms with Crippen molar-refractivity contribution >= 4 is 17.1 Å². The molecule has 2 N–H and O–H groups in total. The molecule has 2 aromatic carbocycles. The molecule has 0 aliphatic heterocycles. The zero-order valence-electron chi connectivity index (χ0n) is 10.4. The second-order valence-corrected chi connectivity index (χ2v) is 4.08. The molecule has 0 aliphatic carbocycles. The van der Waals surface area contributed by atoms with E-state index in [1.54, 1.807) is 24.3 Å². The summed E-state index contributed by atoms with van der Waals surface area (Å²) < 4.78 is 0. The molecule has 0 fully saturated rings. The van der Waals surface area contributed by atoms with Gasteiger partial charge in [0.1, 0.15) is 5.75 Å². The first-order valence-electron chi connectivity index (χ1n) is 5.78. The Morgan fingerprint density at radius 1 is 1.25 bits per heavy atom. The average molecular weight is 269 g/mol. The molecule has 0 heterocycles. The van der Waals surface area contributed by atoms with Gasteiger partial charge < -0.3 is 10.4 Å². The Labute approximate surface area is 115 Å². The molecule has 0 unspecified atom stereocenters. The molecular formula is C14H11N3O3. The molecule has 0 saturated heterocycles. The maximum Gasteiger partial charge on any atom is 0.270 e. The number of rotatable bonds is 4. The molecule has 100 valence electrons. The molecule has 0 spiro atoms. The van der Waals surface area contributed by atoms with Gasteiger partial charge in [-0.05, 0) is 18.2 Å². The number of phenols is 1. The van der Waals surface area contributed by atoms with Crippen molar-refractivity contribution < 1.29 is 10.0 Å². The summed E-state index contributed by atoms with van der Waals surface area (Å²) in [5.41, 5.74) is 1.67. The van der Waals surface area contributed by atoms with Gasteiger partial charge in [-0.2, -0.15) is 0 Å². The highest BCUT2D eigenvalue weighted by Crippen LogP contribution is 2.24. The van der Waals surface area contributed by atoms with E-state index < -0.39 is 4.92 Å². The van der Waals surface area contributed by atoms with E-state index in [1.807, 2.05) is 0 Å². The highest BCUT2D eigenvalue weighted by atomic mass is 16.6. The summed E-state index contributed by atoms with van der Waals surface area (Å²) in [6.45, 7) is 7.11. The molecular weight excluding hydrogens is 258 g/mol. The third kappa shape index (κ3) is 3.03. The fraction of sp³-hybridized carbons (Fsp3) is 0.0714. The Balaban J connectivity index is 2.12. The van der Waals surface area contributed by atoms with Crippen LogP contribution in [-0.4, -0.2) is 10.0 Å². The number of nitro benzene ring substituents is 1. The summed E-state index contributed by atoms with van der Waals surface area (Å²) in [4.78, 5) is 13.5. The number of anilines is 1. The highest BCUT2D eigenvalue weighted by Gasteiger charge is 2.09. The zero-order chi connectivity index (χ0) is 14.5. The summed E-state index contributed by atoms with van der Waals surface area (Å²) in [6, 6.07) is 10.7.